The molecule has 1 aromatic carbocycles. The van der Waals surface area contributed by atoms with E-state index < -0.39 is 12.1 Å². The number of carbonyl (C=O) groups excluding carboxylic acids is 2. The van der Waals surface area contributed by atoms with Gasteiger partial charge >= 0.3 is 5.97 Å². The Morgan fingerprint density at radius 3 is 3.00 bits per heavy atom. The minimum Gasteiger partial charge on any atom is -0.452 e. The molecule has 0 aliphatic carbocycles. The Morgan fingerprint density at radius 2 is 2.24 bits per heavy atom. The summed E-state index contributed by atoms with van der Waals surface area (Å²) in [7, 11) is 0. The molecule has 0 unspecified atom stereocenters. The summed E-state index contributed by atoms with van der Waals surface area (Å²) in [6.07, 6.45) is 0.639. The van der Waals surface area contributed by atoms with Crippen LogP contribution in [-0.4, -0.2) is 29.7 Å². The first kappa shape index (κ1) is 14.8. The molecule has 110 valence electrons. The number of benzene rings is 1. The Hall–Kier alpha value is -2.63. The maximum Gasteiger partial charge on any atom is 0.312 e. The van der Waals surface area contributed by atoms with E-state index in [0.717, 1.165) is 5.39 Å². The summed E-state index contributed by atoms with van der Waals surface area (Å²) in [6.45, 7) is 5.33. The quantitative estimate of drug-likeness (QED) is 0.645. The zero-order chi connectivity index (χ0) is 15.2. The number of carbonyl (C=O) groups is 2. The number of esters is 1. The number of rotatable bonds is 6. The normalized spacial score (nSPS) is 11.9. The van der Waals surface area contributed by atoms with E-state index in [2.05, 4.69) is 17.1 Å². The average molecular weight is 288 g/mol. The first-order chi connectivity index (χ1) is 10.1. The summed E-state index contributed by atoms with van der Waals surface area (Å²) in [4.78, 5) is 23.4. The first-order valence-electron chi connectivity index (χ1n) is 6.53. The molecule has 0 aliphatic rings. The Balaban J connectivity index is 1.95. The average Bonchev–Trinajstić information content (AvgIpc) is 2.88. The van der Waals surface area contributed by atoms with Gasteiger partial charge in [0, 0.05) is 11.9 Å². The molecule has 21 heavy (non-hydrogen) atoms. The van der Waals surface area contributed by atoms with Crippen LogP contribution in [0.5, 0.6) is 0 Å². The topological polar surface area (TPSA) is 81.4 Å². The molecule has 6 heteroatoms. The van der Waals surface area contributed by atoms with E-state index in [1.54, 1.807) is 12.1 Å². The van der Waals surface area contributed by atoms with Gasteiger partial charge in [-0.3, -0.25) is 9.59 Å². The van der Waals surface area contributed by atoms with Crippen LogP contribution < -0.4 is 5.32 Å². The van der Waals surface area contributed by atoms with Crippen molar-refractivity contribution in [2.75, 3.05) is 6.54 Å². The molecule has 0 bridgehead atoms. The summed E-state index contributed by atoms with van der Waals surface area (Å²) < 4.78 is 10.2. The molecule has 1 N–H and O–H groups in total. The molecular weight excluding hydrogens is 272 g/mol. The molecule has 0 aliphatic heterocycles. The van der Waals surface area contributed by atoms with E-state index in [1.807, 2.05) is 18.2 Å². The largest absolute Gasteiger partial charge is 0.452 e. The van der Waals surface area contributed by atoms with Crippen molar-refractivity contribution in [1.82, 2.24) is 10.5 Å². The van der Waals surface area contributed by atoms with Gasteiger partial charge in [0.05, 0.1) is 6.42 Å². The summed E-state index contributed by atoms with van der Waals surface area (Å²) in [5, 5.41) is 7.17. The Labute approximate surface area is 121 Å². The van der Waals surface area contributed by atoms with Gasteiger partial charge in [-0.15, -0.1) is 6.58 Å². The molecule has 6 nitrogen and oxygen atoms in total. The van der Waals surface area contributed by atoms with Crippen molar-refractivity contribution >= 4 is 22.8 Å². The van der Waals surface area contributed by atoms with Crippen molar-refractivity contribution in [2.45, 2.75) is 19.4 Å². The molecule has 1 amide bonds. The Kier molecular flexibility index (Phi) is 4.71. The van der Waals surface area contributed by atoms with E-state index >= 15 is 0 Å². The van der Waals surface area contributed by atoms with Crippen LogP contribution in [0.15, 0.2) is 41.4 Å². The summed E-state index contributed by atoms with van der Waals surface area (Å²) in [6, 6.07) is 7.23. The predicted octanol–water partition coefficient (Wildman–Crippen LogP) is 1.60. The fraction of sp³-hybridized carbons (Fsp3) is 0.267. The molecule has 0 spiro atoms. The van der Waals surface area contributed by atoms with Crippen LogP contribution >= 0.6 is 0 Å². The van der Waals surface area contributed by atoms with Crippen molar-refractivity contribution in [3.05, 3.63) is 42.6 Å². The summed E-state index contributed by atoms with van der Waals surface area (Å²) >= 11 is 0. The Morgan fingerprint density at radius 1 is 1.48 bits per heavy atom. The third-order valence-corrected chi connectivity index (χ3v) is 2.86. The lowest BCUT2D eigenvalue weighted by Gasteiger charge is -2.12. The number of fused-ring (bicyclic) bond motifs is 1. The van der Waals surface area contributed by atoms with Crippen molar-refractivity contribution in [3.63, 3.8) is 0 Å². The second-order valence-corrected chi connectivity index (χ2v) is 4.47. The van der Waals surface area contributed by atoms with Crippen molar-refractivity contribution in [2.24, 2.45) is 0 Å². The predicted molar refractivity (Wildman–Crippen MR) is 76.5 cm³/mol. The fourth-order valence-electron chi connectivity index (χ4n) is 1.81. The second kappa shape index (κ2) is 6.69. The third-order valence-electron chi connectivity index (χ3n) is 2.86. The minimum absolute atomic E-state index is 0.0455. The van der Waals surface area contributed by atoms with Gasteiger partial charge in [0.2, 0.25) is 0 Å². The van der Waals surface area contributed by atoms with Crippen LogP contribution in [0.3, 0.4) is 0 Å². The van der Waals surface area contributed by atoms with Gasteiger partial charge in [-0.25, -0.2) is 0 Å². The molecule has 0 saturated carbocycles. The molecule has 2 aromatic rings. The van der Waals surface area contributed by atoms with E-state index in [1.165, 1.54) is 6.92 Å². The number of hydrogen-bond donors (Lipinski definition) is 1. The van der Waals surface area contributed by atoms with Crippen LogP contribution in [-0.2, 0) is 20.7 Å². The first-order valence-corrected chi connectivity index (χ1v) is 6.53. The lowest BCUT2D eigenvalue weighted by Crippen LogP contribution is -2.36. The van der Waals surface area contributed by atoms with Gasteiger partial charge in [0.25, 0.3) is 5.91 Å². The number of nitrogens with one attached hydrogen (secondary N) is 1. The lowest BCUT2D eigenvalue weighted by atomic mass is 10.2. The number of nitrogens with zero attached hydrogens (tertiary/aromatic N) is 1. The molecule has 1 heterocycles. The van der Waals surface area contributed by atoms with Crippen LogP contribution in [0.25, 0.3) is 11.0 Å². The van der Waals surface area contributed by atoms with E-state index in [9.17, 15) is 9.59 Å². The van der Waals surface area contributed by atoms with E-state index in [4.69, 9.17) is 9.26 Å². The molecular formula is C15H16N2O4. The SMILES string of the molecule is C=CCNC(=O)[C@@H](C)OC(=O)Cc1noc2ccccc12. The standard InChI is InChI=1S/C15H16N2O4/c1-3-8-16-15(19)10(2)20-14(18)9-12-11-6-4-5-7-13(11)21-17-12/h3-7,10H,1,8-9H2,2H3,(H,16,19)/t10-/m1/s1. The zero-order valence-corrected chi connectivity index (χ0v) is 11.7. The van der Waals surface area contributed by atoms with Gasteiger partial charge < -0.3 is 14.6 Å². The molecule has 0 fully saturated rings. The number of ether oxygens (including phenoxy) is 1. The number of amides is 1. The minimum atomic E-state index is -0.865. The van der Waals surface area contributed by atoms with E-state index in [-0.39, 0.29) is 12.3 Å². The highest BCUT2D eigenvalue weighted by molar-refractivity contribution is 5.86. The molecule has 1 atom stereocenters. The van der Waals surface area contributed by atoms with Crippen LogP contribution in [0.1, 0.15) is 12.6 Å². The van der Waals surface area contributed by atoms with Gasteiger partial charge in [-0.05, 0) is 19.1 Å². The Bertz CT molecular complexity index is 662. The monoisotopic (exact) mass is 288 g/mol. The van der Waals surface area contributed by atoms with Gasteiger partial charge in [0.15, 0.2) is 11.7 Å². The van der Waals surface area contributed by atoms with Gasteiger partial charge in [0.1, 0.15) is 5.69 Å². The highest BCUT2D eigenvalue weighted by atomic mass is 16.5. The summed E-state index contributed by atoms with van der Waals surface area (Å²) in [5.74, 6) is -0.899. The highest BCUT2D eigenvalue weighted by Crippen LogP contribution is 2.18. The third kappa shape index (κ3) is 3.68. The van der Waals surface area contributed by atoms with Crippen molar-refractivity contribution < 1.29 is 18.8 Å². The van der Waals surface area contributed by atoms with Crippen LogP contribution in [0, 0.1) is 0 Å². The number of aromatic nitrogens is 1. The number of hydrogen-bond acceptors (Lipinski definition) is 5. The maximum atomic E-state index is 11.8. The smallest absolute Gasteiger partial charge is 0.312 e. The second-order valence-electron chi connectivity index (χ2n) is 4.47. The van der Waals surface area contributed by atoms with Crippen molar-refractivity contribution in [1.29, 1.82) is 0 Å². The zero-order valence-electron chi connectivity index (χ0n) is 11.7. The highest BCUT2D eigenvalue weighted by Gasteiger charge is 2.19. The maximum absolute atomic E-state index is 11.8. The molecule has 2 rings (SSSR count). The van der Waals surface area contributed by atoms with Crippen LogP contribution in [0.2, 0.25) is 0 Å². The fourth-order valence-corrected chi connectivity index (χ4v) is 1.81. The van der Waals surface area contributed by atoms with Crippen molar-refractivity contribution in [3.8, 4) is 0 Å². The molecule has 1 aromatic heterocycles. The van der Waals surface area contributed by atoms with E-state index in [0.29, 0.717) is 17.8 Å². The lowest BCUT2D eigenvalue weighted by molar-refractivity contribution is -0.154. The van der Waals surface area contributed by atoms with Crippen LogP contribution in [0.4, 0.5) is 0 Å². The molecule has 0 radical (unpaired) electrons. The summed E-state index contributed by atoms with van der Waals surface area (Å²) in [5.41, 5.74) is 1.10. The van der Waals surface area contributed by atoms with Gasteiger partial charge in [-0.1, -0.05) is 23.4 Å². The number of para-hydroxylation sites is 1. The van der Waals surface area contributed by atoms with Gasteiger partial charge in [-0.2, -0.15) is 0 Å². The molecule has 0 saturated heterocycles.